The zero-order valence-corrected chi connectivity index (χ0v) is 7.48. The summed E-state index contributed by atoms with van der Waals surface area (Å²) >= 11 is 0. The lowest BCUT2D eigenvalue weighted by molar-refractivity contribution is 0.275. The Morgan fingerprint density at radius 2 is 2.27 bits per heavy atom. The number of rotatable bonds is 2. The van der Waals surface area contributed by atoms with Crippen molar-refractivity contribution in [2.45, 2.75) is 26.4 Å². The second-order valence-electron chi connectivity index (χ2n) is 2.58. The summed E-state index contributed by atoms with van der Waals surface area (Å²) in [5.74, 6) is 0.383. The molecule has 0 fully saturated rings. The number of aromatic nitrogens is 2. The summed E-state index contributed by atoms with van der Waals surface area (Å²) in [4.78, 5) is 6.95. The first-order valence-electron chi connectivity index (χ1n) is 3.38. The second-order valence-corrected chi connectivity index (χ2v) is 2.58. The van der Waals surface area contributed by atoms with E-state index in [1.54, 1.807) is 6.33 Å². The van der Waals surface area contributed by atoms with Crippen LogP contribution in [0.1, 0.15) is 31.2 Å². The van der Waals surface area contributed by atoms with Crippen LogP contribution in [0.3, 0.4) is 0 Å². The van der Waals surface area contributed by atoms with Crippen LogP contribution >= 0.6 is 12.4 Å². The van der Waals surface area contributed by atoms with E-state index in [1.165, 1.54) is 0 Å². The molecule has 0 aliphatic rings. The molecule has 0 unspecified atom stereocenters. The summed E-state index contributed by atoms with van der Waals surface area (Å²) in [6.45, 7) is 4.15. The quantitative estimate of drug-likeness (QED) is 0.717. The van der Waals surface area contributed by atoms with Crippen LogP contribution in [0.2, 0.25) is 0 Å². The fourth-order valence-corrected chi connectivity index (χ4v) is 0.956. The Hall–Kier alpha value is -0.540. The summed E-state index contributed by atoms with van der Waals surface area (Å²) in [5, 5.41) is 8.78. The zero-order valence-electron chi connectivity index (χ0n) is 6.66. The molecule has 0 aliphatic carbocycles. The molecule has 0 bridgehead atoms. The van der Waals surface area contributed by atoms with Gasteiger partial charge in [-0.3, -0.25) is 0 Å². The Morgan fingerprint density at radius 1 is 1.64 bits per heavy atom. The van der Waals surface area contributed by atoms with Gasteiger partial charge in [0.1, 0.15) is 0 Å². The van der Waals surface area contributed by atoms with Crippen molar-refractivity contribution >= 4 is 12.4 Å². The van der Waals surface area contributed by atoms with Gasteiger partial charge in [0.25, 0.3) is 0 Å². The molecule has 0 saturated carbocycles. The number of aromatic amines is 1. The van der Waals surface area contributed by atoms with Crippen molar-refractivity contribution < 1.29 is 5.11 Å². The fourth-order valence-electron chi connectivity index (χ4n) is 0.956. The largest absolute Gasteiger partial charge is 0.390 e. The summed E-state index contributed by atoms with van der Waals surface area (Å²) < 4.78 is 0. The van der Waals surface area contributed by atoms with E-state index in [2.05, 4.69) is 23.8 Å². The molecule has 64 valence electrons. The first-order valence-corrected chi connectivity index (χ1v) is 3.38. The number of nitrogens with zero attached hydrogens (tertiary/aromatic N) is 1. The van der Waals surface area contributed by atoms with Gasteiger partial charge in [0, 0.05) is 0 Å². The van der Waals surface area contributed by atoms with Crippen LogP contribution < -0.4 is 0 Å². The molecule has 1 aromatic rings. The van der Waals surface area contributed by atoms with Gasteiger partial charge in [0.2, 0.25) is 0 Å². The molecule has 2 N–H and O–H groups in total. The van der Waals surface area contributed by atoms with E-state index in [4.69, 9.17) is 5.11 Å². The van der Waals surface area contributed by atoms with Gasteiger partial charge < -0.3 is 10.1 Å². The molecular formula is C7H13ClN2O. The second kappa shape index (κ2) is 4.36. The van der Waals surface area contributed by atoms with Crippen LogP contribution in [-0.2, 0) is 6.61 Å². The highest BCUT2D eigenvalue weighted by Crippen LogP contribution is 2.14. The zero-order chi connectivity index (χ0) is 7.56. The number of nitrogens with one attached hydrogen (secondary N) is 1. The smallest absolute Gasteiger partial charge is 0.0926 e. The monoisotopic (exact) mass is 176 g/mol. The minimum absolute atomic E-state index is 0. The Balaban J connectivity index is 0.000001000. The molecule has 4 heteroatoms. The molecule has 0 spiro atoms. The van der Waals surface area contributed by atoms with Crippen molar-refractivity contribution in [3.63, 3.8) is 0 Å². The molecular weight excluding hydrogens is 164 g/mol. The van der Waals surface area contributed by atoms with E-state index in [0.717, 1.165) is 11.4 Å². The molecule has 0 amide bonds. The van der Waals surface area contributed by atoms with E-state index in [0.29, 0.717) is 5.92 Å². The number of aliphatic hydroxyl groups is 1. The molecule has 1 aromatic heterocycles. The van der Waals surface area contributed by atoms with Gasteiger partial charge in [0.05, 0.1) is 24.3 Å². The maximum Gasteiger partial charge on any atom is 0.0926 e. The average molecular weight is 177 g/mol. The minimum atomic E-state index is 0. The Labute approximate surface area is 72.3 Å². The molecule has 0 atom stereocenters. The van der Waals surface area contributed by atoms with Crippen LogP contribution in [0.4, 0.5) is 0 Å². The molecule has 1 heterocycles. The number of H-pyrrole nitrogens is 1. The lowest BCUT2D eigenvalue weighted by Crippen LogP contribution is -1.94. The summed E-state index contributed by atoms with van der Waals surface area (Å²) in [7, 11) is 0. The molecule has 3 nitrogen and oxygen atoms in total. The van der Waals surface area contributed by atoms with Crippen molar-refractivity contribution in [2.24, 2.45) is 0 Å². The normalized spacial score (nSPS) is 9.82. The van der Waals surface area contributed by atoms with Crippen LogP contribution in [0, 0.1) is 0 Å². The third-order valence-corrected chi connectivity index (χ3v) is 1.46. The third kappa shape index (κ3) is 2.20. The van der Waals surface area contributed by atoms with Gasteiger partial charge in [-0.1, -0.05) is 13.8 Å². The average Bonchev–Trinajstić information content (AvgIpc) is 2.33. The van der Waals surface area contributed by atoms with Crippen molar-refractivity contribution in [1.82, 2.24) is 9.97 Å². The van der Waals surface area contributed by atoms with Crippen LogP contribution in [0.5, 0.6) is 0 Å². The first kappa shape index (κ1) is 10.5. The van der Waals surface area contributed by atoms with Crippen molar-refractivity contribution in [1.29, 1.82) is 0 Å². The molecule has 1 rings (SSSR count). The highest BCUT2D eigenvalue weighted by atomic mass is 35.5. The van der Waals surface area contributed by atoms with E-state index >= 15 is 0 Å². The van der Waals surface area contributed by atoms with Crippen LogP contribution in [0.25, 0.3) is 0 Å². The van der Waals surface area contributed by atoms with Crippen LogP contribution in [-0.4, -0.2) is 15.1 Å². The maximum atomic E-state index is 8.78. The van der Waals surface area contributed by atoms with Crippen molar-refractivity contribution in [3.05, 3.63) is 17.7 Å². The molecule has 0 radical (unpaired) electrons. The van der Waals surface area contributed by atoms with Gasteiger partial charge >= 0.3 is 0 Å². The molecule has 0 aromatic carbocycles. The van der Waals surface area contributed by atoms with E-state index < -0.39 is 0 Å². The van der Waals surface area contributed by atoms with Gasteiger partial charge in [-0.2, -0.15) is 0 Å². The Kier molecular flexibility index (Phi) is 4.15. The topological polar surface area (TPSA) is 48.9 Å². The maximum absolute atomic E-state index is 8.78. The fraction of sp³-hybridized carbons (Fsp3) is 0.571. The molecule has 0 aliphatic heterocycles. The molecule has 0 saturated heterocycles. The number of hydrogen-bond acceptors (Lipinski definition) is 2. The lowest BCUT2D eigenvalue weighted by atomic mass is 10.1. The van der Waals surface area contributed by atoms with Crippen molar-refractivity contribution in [2.75, 3.05) is 0 Å². The Morgan fingerprint density at radius 3 is 2.64 bits per heavy atom. The van der Waals surface area contributed by atoms with E-state index in [-0.39, 0.29) is 19.0 Å². The number of hydrogen-bond donors (Lipinski definition) is 2. The number of aliphatic hydroxyl groups excluding tert-OH is 1. The minimum Gasteiger partial charge on any atom is -0.390 e. The third-order valence-electron chi connectivity index (χ3n) is 1.46. The van der Waals surface area contributed by atoms with Gasteiger partial charge in [-0.05, 0) is 5.92 Å². The first-order chi connectivity index (χ1) is 4.75. The summed E-state index contributed by atoms with van der Waals surface area (Å²) in [5.41, 5.74) is 1.79. The SMILES string of the molecule is CC(C)c1nc[nH]c1CO.Cl. The highest BCUT2D eigenvalue weighted by molar-refractivity contribution is 5.85. The van der Waals surface area contributed by atoms with Crippen molar-refractivity contribution in [3.8, 4) is 0 Å². The Bertz CT molecular complexity index is 210. The highest BCUT2D eigenvalue weighted by Gasteiger charge is 2.06. The van der Waals surface area contributed by atoms with E-state index in [1.807, 2.05) is 0 Å². The molecule has 11 heavy (non-hydrogen) atoms. The summed E-state index contributed by atoms with van der Waals surface area (Å²) in [6.07, 6.45) is 1.61. The number of imidazole rings is 1. The van der Waals surface area contributed by atoms with E-state index in [9.17, 15) is 0 Å². The van der Waals surface area contributed by atoms with Gasteiger partial charge in [-0.25, -0.2) is 4.98 Å². The summed E-state index contributed by atoms with van der Waals surface area (Å²) in [6, 6.07) is 0. The number of halogens is 1. The van der Waals surface area contributed by atoms with Crippen LogP contribution in [0.15, 0.2) is 6.33 Å². The van der Waals surface area contributed by atoms with Gasteiger partial charge in [0.15, 0.2) is 0 Å². The lowest BCUT2D eigenvalue weighted by Gasteiger charge is -2.01. The standard InChI is InChI=1S/C7H12N2O.ClH/c1-5(2)7-6(3-10)8-4-9-7;/h4-5,10H,3H2,1-2H3,(H,8,9);1H. The predicted octanol–water partition coefficient (Wildman–Crippen LogP) is 1.45. The van der Waals surface area contributed by atoms with Gasteiger partial charge in [-0.15, -0.1) is 12.4 Å². The predicted molar refractivity (Wildman–Crippen MR) is 45.8 cm³/mol.